The van der Waals surface area contributed by atoms with Crippen molar-refractivity contribution < 1.29 is 9.72 Å². The number of alkyl halides is 1. The molecule has 0 unspecified atom stereocenters. The minimum absolute atomic E-state index is 0.128. The highest BCUT2D eigenvalue weighted by atomic mass is 35.5. The maximum atomic E-state index is 11.9. The summed E-state index contributed by atoms with van der Waals surface area (Å²) in [4.78, 5) is 24.4. The Hall–Kier alpha value is -2.34. The molecule has 2 aromatic rings. The minimum Gasteiger partial charge on any atom is -0.351 e. The number of rotatable bonds is 4. The number of anilines is 1. The van der Waals surface area contributed by atoms with Crippen LogP contribution in [0.1, 0.15) is 16.1 Å². The van der Waals surface area contributed by atoms with Crippen LogP contribution in [0.4, 0.5) is 11.4 Å². The van der Waals surface area contributed by atoms with E-state index in [-0.39, 0.29) is 11.4 Å². The molecule has 0 radical (unpaired) electrons. The smallest absolute Gasteiger partial charge is 0.287 e. The summed E-state index contributed by atoms with van der Waals surface area (Å²) in [7, 11) is 0. The summed E-state index contributed by atoms with van der Waals surface area (Å²) in [6.45, 7) is 0. The standard InChI is InChI=1S/C12H10ClN3O3/c13-6-8-2-1-3-9(4-8)15-12(17)11-5-10(7-14-11)16(18)19/h1-5,7,14H,6H2,(H,15,17). The van der Waals surface area contributed by atoms with Crippen LogP contribution in [0.3, 0.4) is 0 Å². The maximum absolute atomic E-state index is 11.9. The molecule has 2 rings (SSSR count). The van der Waals surface area contributed by atoms with E-state index in [0.717, 1.165) is 5.56 Å². The summed E-state index contributed by atoms with van der Waals surface area (Å²) in [6, 6.07) is 8.24. The molecule has 1 aromatic carbocycles. The summed E-state index contributed by atoms with van der Waals surface area (Å²) >= 11 is 5.70. The molecular weight excluding hydrogens is 270 g/mol. The van der Waals surface area contributed by atoms with Crippen LogP contribution >= 0.6 is 11.6 Å². The Labute approximate surface area is 113 Å². The van der Waals surface area contributed by atoms with Crippen LogP contribution in [0.5, 0.6) is 0 Å². The van der Waals surface area contributed by atoms with E-state index in [1.807, 2.05) is 6.07 Å². The summed E-state index contributed by atoms with van der Waals surface area (Å²) in [5, 5.41) is 13.2. The lowest BCUT2D eigenvalue weighted by Crippen LogP contribution is -2.12. The minimum atomic E-state index is -0.568. The quantitative estimate of drug-likeness (QED) is 0.512. The number of H-pyrrole nitrogens is 1. The fourth-order valence-corrected chi connectivity index (χ4v) is 1.72. The van der Waals surface area contributed by atoms with E-state index in [0.29, 0.717) is 11.6 Å². The number of hydrogen-bond donors (Lipinski definition) is 2. The molecule has 0 spiro atoms. The van der Waals surface area contributed by atoms with Crippen LogP contribution in [0.25, 0.3) is 0 Å². The summed E-state index contributed by atoms with van der Waals surface area (Å²) < 4.78 is 0. The van der Waals surface area contributed by atoms with Crippen LogP contribution in [-0.4, -0.2) is 15.8 Å². The monoisotopic (exact) mass is 279 g/mol. The van der Waals surface area contributed by atoms with Crippen molar-refractivity contribution in [2.75, 3.05) is 5.32 Å². The van der Waals surface area contributed by atoms with Gasteiger partial charge in [0.15, 0.2) is 0 Å². The Morgan fingerprint density at radius 2 is 2.21 bits per heavy atom. The van der Waals surface area contributed by atoms with Gasteiger partial charge in [-0.05, 0) is 17.7 Å². The van der Waals surface area contributed by atoms with Crippen LogP contribution in [-0.2, 0) is 5.88 Å². The average molecular weight is 280 g/mol. The predicted molar refractivity (Wildman–Crippen MR) is 71.4 cm³/mol. The van der Waals surface area contributed by atoms with Crippen LogP contribution < -0.4 is 5.32 Å². The SMILES string of the molecule is O=C(Nc1cccc(CCl)c1)c1cc([N+](=O)[O-])c[nH]1. The van der Waals surface area contributed by atoms with Crippen molar-refractivity contribution in [2.24, 2.45) is 0 Å². The van der Waals surface area contributed by atoms with E-state index < -0.39 is 10.8 Å². The summed E-state index contributed by atoms with van der Waals surface area (Å²) in [6.07, 6.45) is 1.17. The molecule has 2 N–H and O–H groups in total. The van der Waals surface area contributed by atoms with Gasteiger partial charge in [0.05, 0.1) is 11.1 Å². The number of amides is 1. The van der Waals surface area contributed by atoms with Gasteiger partial charge in [0, 0.05) is 17.6 Å². The van der Waals surface area contributed by atoms with Gasteiger partial charge in [0.1, 0.15) is 5.69 Å². The van der Waals surface area contributed by atoms with Crippen molar-refractivity contribution in [1.82, 2.24) is 4.98 Å². The second kappa shape index (κ2) is 5.53. The van der Waals surface area contributed by atoms with Gasteiger partial charge < -0.3 is 10.3 Å². The van der Waals surface area contributed by atoms with Crippen molar-refractivity contribution in [2.45, 2.75) is 5.88 Å². The molecule has 1 heterocycles. The highest BCUT2D eigenvalue weighted by Gasteiger charge is 2.14. The Balaban J connectivity index is 2.13. The molecule has 7 heteroatoms. The molecule has 0 aliphatic rings. The van der Waals surface area contributed by atoms with E-state index in [2.05, 4.69) is 10.3 Å². The van der Waals surface area contributed by atoms with E-state index in [1.54, 1.807) is 18.2 Å². The molecular formula is C12H10ClN3O3. The van der Waals surface area contributed by atoms with E-state index in [1.165, 1.54) is 12.3 Å². The van der Waals surface area contributed by atoms with Crippen LogP contribution in [0, 0.1) is 10.1 Å². The summed E-state index contributed by atoms with van der Waals surface area (Å²) in [5.74, 6) is -0.0997. The van der Waals surface area contributed by atoms with Gasteiger partial charge in [-0.1, -0.05) is 12.1 Å². The van der Waals surface area contributed by atoms with Gasteiger partial charge in [-0.15, -0.1) is 11.6 Å². The first-order valence-electron chi connectivity index (χ1n) is 5.39. The normalized spacial score (nSPS) is 10.2. The van der Waals surface area contributed by atoms with E-state index >= 15 is 0 Å². The van der Waals surface area contributed by atoms with Crippen LogP contribution in [0.15, 0.2) is 36.5 Å². The molecule has 0 saturated carbocycles. The number of benzene rings is 1. The topological polar surface area (TPSA) is 88.0 Å². The molecule has 19 heavy (non-hydrogen) atoms. The third-order valence-corrected chi connectivity index (χ3v) is 2.77. The Morgan fingerprint density at radius 1 is 1.42 bits per heavy atom. The second-order valence-electron chi connectivity index (χ2n) is 3.82. The average Bonchev–Trinajstić information content (AvgIpc) is 2.89. The molecule has 1 aromatic heterocycles. The Bertz CT molecular complexity index is 624. The number of carbonyl (C=O) groups excluding carboxylic acids is 1. The van der Waals surface area contributed by atoms with E-state index in [4.69, 9.17) is 11.6 Å². The zero-order chi connectivity index (χ0) is 13.8. The number of nitro groups is 1. The Kier molecular flexibility index (Phi) is 3.82. The predicted octanol–water partition coefficient (Wildman–Crippen LogP) is 2.91. The molecule has 0 fully saturated rings. The number of halogens is 1. The number of hydrogen-bond acceptors (Lipinski definition) is 3. The molecule has 0 saturated heterocycles. The highest BCUT2D eigenvalue weighted by Crippen LogP contribution is 2.16. The third kappa shape index (κ3) is 3.11. The zero-order valence-electron chi connectivity index (χ0n) is 9.72. The lowest BCUT2D eigenvalue weighted by atomic mass is 10.2. The lowest BCUT2D eigenvalue weighted by Gasteiger charge is -2.04. The number of aromatic nitrogens is 1. The number of nitrogens with zero attached hydrogens (tertiary/aromatic N) is 1. The second-order valence-corrected chi connectivity index (χ2v) is 4.08. The van der Waals surface area contributed by atoms with Crippen LogP contribution in [0.2, 0.25) is 0 Å². The molecule has 98 valence electrons. The molecule has 1 amide bonds. The first-order chi connectivity index (χ1) is 9.10. The molecule has 0 aliphatic heterocycles. The fraction of sp³-hybridized carbons (Fsp3) is 0.0833. The summed E-state index contributed by atoms with van der Waals surface area (Å²) in [5.41, 5.74) is 1.43. The number of nitrogens with one attached hydrogen (secondary N) is 2. The van der Waals surface area contributed by atoms with E-state index in [9.17, 15) is 14.9 Å². The first kappa shape index (κ1) is 13.1. The molecule has 0 aliphatic carbocycles. The van der Waals surface area contributed by atoms with Gasteiger partial charge in [0.2, 0.25) is 0 Å². The fourth-order valence-electron chi connectivity index (χ4n) is 1.55. The van der Waals surface area contributed by atoms with Crippen molar-refractivity contribution >= 4 is 28.9 Å². The maximum Gasteiger partial charge on any atom is 0.287 e. The zero-order valence-corrected chi connectivity index (χ0v) is 10.5. The van der Waals surface area contributed by atoms with Crippen molar-refractivity contribution in [3.05, 3.63) is 57.9 Å². The van der Waals surface area contributed by atoms with Gasteiger partial charge in [-0.25, -0.2) is 0 Å². The number of carbonyl (C=O) groups is 1. The Morgan fingerprint density at radius 3 is 2.84 bits per heavy atom. The van der Waals surface area contributed by atoms with Crippen molar-refractivity contribution in [3.63, 3.8) is 0 Å². The van der Waals surface area contributed by atoms with Gasteiger partial charge in [-0.3, -0.25) is 14.9 Å². The van der Waals surface area contributed by atoms with Gasteiger partial charge >= 0.3 is 0 Å². The first-order valence-corrected chi connectivity index (χ1v) is 5.92. The third-order valence-electron chi connectivity index (χ3n) is 2.46. The van der Waals surface area contributed by atoms with Crippen molar-refractivity contribution in [1.29, 1.82) is 0 Å². The largest absolute Gasteiger partial charge is 0.351 e. The molecule has 0 atom stereocenters. The lowest BCUT2D eigenvalue weighted by molar-refractivity contribution is -0.384. The van der Waals surface area contributed by atoms with Gasteiger partial charge in [-0.2, -0.15) is 0 Å². The highest BCUT2D eigenvalue weighted by molar-refractivity contribution is 6.17. The number of aromatic amines is 1. The van der Waals surface area contributed by atoms with Crippen molar-refractivity contribution in [3.8, 4) is 0 Å². The molecule has 0 bridgehead atoms. The van der Waals surface area contributed by atoms with Gasteiger partial charge in [0.25, 0.3) is 11.6 Å². The molecule has 6 nitrogen and oxygen atoms in total.